The number of nitrogens with two attached hydrogens (primary N) is 1. The first kappa shape index (κ1) is 15.4. The van der Waals surface area contributed by atoms with Crippen LogP contribution in [0.4, 0.5) is 5.69 Å². The van der Waals surface area contributed by atoms with Gasteiger partial charge in [-0.15, -0.1) is 0 Å². The van der Waals surface area contributed by atoms with Crippen LogP contribution in [0.25, 0.3) is 0 Å². The van der Waals surface area contributed by atoms with E-state index in [2.05, 4.69) is 5.32 Å². The molecule has 19 heavy (non-hydrogen) atoms. The Morgan fingerprint density at radius 3 is 2.47 bits per heavy atom. The van der Waals surface area contributed by atoms with Crippen LogP contribution in [0.1, 0.15) is 32.3 Å². The second-order valence-corrected chi connectivity index (χ2v) is 4.99. The Balaban J connectivity index is 3.09. The van der Waals surface area contributed by atoms with E-state index < -0.39 is 5.41 Å². The smallest absolute Gasteiger partial charge is 0.274 e. The lowest BCUT2D eigenvalue weighted by Crippen LogP contribution is -2.42. The van der Waals surface area contributed by atoms with Crippen LogP contribution in [0.15, 0.2) is 17.1 Å². The Labute approximate surface area is 113 Å². The number of nitrogens with zero attached hydrogens (tertiary/aromatic N) is 1. The highest BCUT2D eigenvalue weighted by Crippen LogP contribution is 2.26. The van der Waals surface area contributed by atoms with Crippen molar-refractivity contribution in [3.05, 3.63) is 28.2 Å². The molecule has 106 valence electrons. The molecule has 0 fully saturated rings. The van der Waals surface area contributed by atoms with Crippen LogP contribution in [-0.4, -0.2) is 17.0 Å². The molecule has 1 heterocycles. The van der Waals surface area contributed by atoms with Gasteiger partial charge in [0.25, 0.3) is 5.56 Å². The molecule has 3 N–H and O–H groups in total. The number of carbonyl (C=O) groups excluding carboxylic acids is 1. The van der Waals surface area contributed by atoms with Gasteiger partial charge in [-0.05, 0) is 31.4 Å². The molecule has 1 amide bonds. The summed E-state index contributed by atoms with van der Waals surface area (Å²) in [5.41, 5.74) is 6.16. The van der Waals surface area contributed by atoms with Crippen molar-refractivity contribution in [2.45, 2.75) is 33.6 Å². The van der Waals surface area contributed by atoms with Crippen molar-refractivity contribution in [1.82, 2.24) is 4.57 Å². The summed E-state index contributed by atoms with van der Waals surface area (Å²) >= 11 is 0. The average Bonchev–Trinajstić information content (AvgIpc) is 2.38. The standard InChI is InChI=1S/C14H23N3O2/c1-5-14(6-2,9-15)13(19)16-11-7-10(3)8-17(4)12(11)18/h7-8H,5-6,9,15H2,1-4H3,(H,16,19). The quantitative estimate of drug-likeness (QED) is 0.844. The van der Waals surface area contributed by atoms with E-state index in [9.17, 15) is 9.59 Å². The van der Waals surface area contributed by atoms with E-state index in [1.54, 1.807) is 19.3 Å². The van der Waals surface area contributed by atoms with Crippen LogP contribution < -0.4 is 16.6 Å². The van der Waals surface area contributed by atoms with Gasteiger partial charge in [0, 0.05) is 19.8 Å². The molecule has 0 aliphatic rings. The fraction of sp³-hybridized carbons (Fsp3) is 0.571. The van der Waals surface area contributed by atoms with E-state index in [1.807, 2.05) is 20.8 Å². The van der Waals surface area contributed by atoms with Crippen LogP contribution in [-0.2, 0) is 11.8 Å². The molecular weight excluding hydrogens is 242 g/mol. The summed E-state index contributed by atoms with van der Waals surface area (Å²) < 4.78 is 1.47. The maximum Gasteiger partial charge on any atom is 0.274 e. The minimum Gasteiger partial charge on any atom is -0.329 e. The second-order valence-electron chi connectivity index (χ2n) is 4.99. The van der Waals surface area contributed by atoms with Gasteiger partial charge >= 0.3 is 0 Å². The van der Waals surface area contributed by atoms with Crippen LogP contribution in [0, 0.1) is 12.3 Å². The molecule has 1 rings (SSSR count). The molecule has 0 radical (unpaired) electrons. The predicted molar refractivity (Wildman–Crippen MR) is 77.1 cm³/mol. The summed E-state index contributed by atoms with van der Waals surface area (Å²) in [5, 5.41) is 2.73. The summed E-state index contributed by atoms with van der Waals surface area (Å²) in [6.07, 6.45) is 3.03. The number of carbonyl (C=O) groups is 1. The van der Waals surface area contributed by atoms with Crippen LogP contribution >= 0.6 is 0 Å². The molecule has 0 aliphatic heterocycles. The van der Waals surface area contributed by atoms with E-state index in [4.69, 9.17) is 5.73 Å². The second kappa shape index (κ2) is 6.02. The monoisotopic (exact) mass is 265 g/mol. The van der Waals surface area contributed by atoms with Gasteiger partial charge in [0.1, 0.15) is 5.69 Å². The number of amides is 1. The maximum absolute atomic E-state index is 12.4. The molecule has 0 saturated carbocycles. The van der Waals surface area contributed by atoms with Gasteiger partial charge in [-0.1, -0.05) is 13.8 Å². The molecule has 5 nitrogen and oxygen atoms in total. The highest BCUT2D eigenvalue weighted by molar-refractivity contribution is 5.95. The SMILES string of the molecule is CCC(CC)(CN)C(=O)Nc1cc(C)cn(C)c1=O. The number of rotatable bonds is 5. The lowest BCUT2D eigenvalue weighted by Gasteiger charge is -2.28. The van der Waals surface area contributed by atoms with Gasteiger partial charge in [-0.2, -0.15) is 0 Å². The summed E-state index contributed by atoms with van der Waals surface area (Å²) in [4.78, 5) is 24.3. The zero-order valence-electron chi connectivity index (χ0n) is 12.1. The normalized spacial score (nSPS) is 11.4. The Kier molecular flexibility index (Phi) is 4.89. The van der Waals surface area contributed by atoms with Crippen molar-refractivity contribution in [2.24, 2.45) is 18.2 Å². The largest absolute Gasteiger partial charge is 0.329 e. The molecule has 0 aliphatic carbocycles. The first-order valence-electron chi connectivity index (χ1n) is 6.59. The number of anilines is 1. The van der Waals surface area contributed by atoms with Crippen molar-refractivity contribution in [3.63, 3.8) is 0 Å². The average molecular weight is 265 g/mol. The maximum atomic E-state index is 12.4. The first-order valence-corrected chi connectivity index (χ1v) is 6.59. The number of aryl methyl sites for hydroxylation is 2. The topological polar surface area (TPSA) is 77.1 Å². The van der Waals surface area contributed by atoms with Gasteiger partial charge in [-0.25, -0.2) is 0 Å². The van der Waals surface area contributed by atoms with E-state index in [0.717, 1.165) is 5.56 Å². The number of aromatic nitrogens is 1. The van der Waals surface area contributed by atoms with Crippen molar-refractivity contribution in [1.29, 1.82) is 0 Å². The van der Waals surface area contributed by atoms with E-state index >= 15 is 0 Å². The minimum atomic E-state index is -0.602. The lowest BCUT2D eigenvalue weighted by atomic mass is 9.81. The molecule has 0 atom stereocenters. The van der Waals surface area contributed by atoms with E-state index in [1.165, 1.54) is 4.57 Å². The third-order valence-corrected chi connectivity index (χ3v) is 3.79. The number of nitrogens with one attached hydrogen (secondary N) is 1. The van der Waals surface area contributed by atoms with Gasteiger partial charge in [-0.3, -0.25) is 9.59 Å². The first-order chi connectivity index (χ1) is 8.90. The fourth-order valence-electron chi connectivity index (χ4n) is 2.18. The van der Waals surface area contributed by atoms with Crippen molar-refractivity contribution >= 4 is 11.6 Å². The number of hydrogen-bond acceptors (Lipinski definition) is 3. The predicted octanol–water partition coefficient (Wildman–Crippen LogP) is 1.40. The Hall–Kier alpha value is -1.62. The molecule has 1 aromatic heterocycles. The minimum absolute atomic E-state index is 0.178. The number of pyridine rings is 1. The number of hydrogen-bond donors (Lipinski definition) is 2. The summed E-state index contributed by atoms with van der Waals surface area (Å²) in [6, 6.07) is 1.69. The zero-order valence-corrected chi connectivity index (χ0v) is 12.1. The van der Waals surface area contributed by atoms with Crippen molar-refractivity contribution in [2.75, 3.05) is 11.9 Å². The van der Waals surface area contributed by atoms with Gasteiger partial charge in [0.2, 0.25) is 5.91 Å². The summed E-state index contributed by atoms with van der Waals surface area (Å²) in [6.45, 7) is 6.03. The molecule has 0 saturated heterocycles. The molecule has 1 aromatic rings. The van der Waals surface area contributed by atoms with Crippen molar-refractivity contribution < 1.29 is 4.79 Å². The van der Waals surface area contributed by atoms with Gasteiger partial charge in [0.05, 0.1) is 5.41 Å². The van der Waals surface area contributed by atoms with Gasteiger partial charge < -0.3 is 15.6 Å². The van der Waals surface area contributed by atoms with E-state index in [0.29, 0.717) is 18.5 Å². The lowest BCUT2D eigenvalue weighted by molar-refractivity contribution is -0.125. The van der Waals surface area contributed by atoms with Crippen LogP contribution in [0.3, 0.4) is 0 Å². The third kappa shape index (κ3) is 3.04. The molecule has 5 heteroatoms. The fourth-order valence-corrected chi connectivity index (χ4v) is 2.18. The molecule has 0 spiro atoms. The highest BCUT2D eigenvalue weighted by Gasteiger charge is 2.33. The highest BCUT2D eigenvalue weighted by atomic mass is 16.2. The third-order valence-electron chi connectivity index (χ3n) is 3.79. The van der Waals surface area contributed by atoms with E-state index in [-0.39, 0.29) is 18.0 Å². The Morgan fingerprint density at radius 2 is 2.00 bits per heavy atom. The van der Waals surface area contributed by atoms with Crippen molar-refractivity contribution in [3.8, 4) is 0 Å². The molecular formula is C14H23N3O2. The van der Waals surface area contributed by atoms with Crippen LogP contribution in [0.2, 0.25) is 0 Å². The molecule has 0 aromatic carbocycles. The molecule has 0 bridgehead atoms. The molecule has 0 unspecified atom stereocenters. The Morgan fingerprint density at radius 1 is 1.42 bits per heavy atom. The zero-order chi connectivity index (χ0) is 14.6. The summed E-state index contributed by atoms with van der Waals surface area (Å²) in [5.74, 6) is -0.178. The summed E-state index contributed by atoms with van der Waals surface area (Å²) in [7, 11) is 1.67. The Bertz CT molecular complexity index is 508. The van der Waals surface area contributed by atoms with Crippen LogP contribution in [0.5, 0.6) is 0 Å². The van der Waals surface area contributed by atoms with Gasteiger partial charge in [0.15, 0.2) is 0 Å².